The number of carbonyl (C=O) groups excluding carboxylic acids is 3. The Hall–Kier alpha value is -1.68. The third kappa shape index (κ3) is 5.22. The van der Waals surface area contributed by atoms with Crippen molar-refractivity contribution in [2.24, 2.45) is 5.92 Å². The van der Waals surface area contributed by atoms with Crippen molar-refractivity contribution in [2.45, 2.75) is 25.7 Å². The number of para-hydroxylation sites is 1. The van der Waals surface area contributed by atoms with E-state index in [9.17, 15) is 14.4 Å². The molecule has 5 heteroatoms. The average molecular weight is 283 g/mol. The normalized spacial score (nSPS) is 11.6. The summed E-state index contributed by atoms with van der Waals surface area (Å²) >= 11 is 5.88. The fourth-order valence-corrected chi connectivity index (χ4v) is 1.79. The molecule has 0 fully saturated rings. The Morgan fingerprint density at radius 2 is 2.00 bits per heavy atom. The SMILES string of the molecule is O=CCCCC(CC=O)C(=O)Oc1ccccc1Cl. The van der Waals surface area contributed by atoms with Crippen LogP contribution in [0.3, 0.4) is 0 Å². The molecular weight excluding hydrogens is 268 g/mol. The molecule has 0 N–H and O–H groups in total. The van der Waals surface area contributed by atoms with Gasteiger partial charge in [-0.05, 0) is 25.0 Å². The Morgan fingerprint density at radius 1 is 1.26 bits per heavy atom. The standard InChI is InChI=1S/C14H15ClO4/c15-12-6-1-2-7-13(12)19-14(18)11(8-10-17)5-3-4-9-16/h1-2,6-7,9-11H,3-5,8H2. The van der Waals surface area contributed by atoms with Crippen molar-refractivity contribution in [3.63, 3.8) is 0 Å². The van der Waals surface area contributed by atoms with Crippen molar-refractivity contribution in [3.8, 4) is 5.75 Å². The fraction of sp³-hybridized carbons (Fsp3) is 0.357. The predicted octanol–water partition coefficient (Wildman–Crippen LogP) is 2.82. The lowest BCUT2D eigenvalue weighted by molar-refractivity contribution is -0.140. The van der Waals surface area contributed by atoms with Gasteiger partial charge in [-0.15, -0.1) is 0 Å². The van der Waals surface area contributed by atoms with Crippen molar-refractivity contribution in [3.05, 3.63) is 29.3 Å². The van der Waals surface area contributed by atoms with Crippen LogP contribution in [0.15, 0.2) is 24.3 Å². The lowest BCUT2D eigenvalue weighted by Crippen LogP contribution is -2.21. The molecule has 1 aromatic carbocycles. The Kier molecular flexibility index (Phi) is 6.82. The second-order valence-electron chi connectivity index (χ2n) is 4.05. The van der Waals surface area contributed by atoms with Gasteiger partial charge < -0.3 is 14.3 Å². The quantitative estimate of drug-likeness (QED) is 0.318. The van der Waals surface area contributed by atoms with Crippen molar-refractivity contribution in [1.29, 1.82) is 0 Å². The molecule has 0 saturated heterocycles. The van der Waals surface area contributed by atoms with E-state index in [-0.39, 0.29) is 12.2 Å². The van der Waals surface area contributed by atoms with Crippen LogP contribution >= 0.6 is 11.6 Å². The summed E-state index contributed by atoms with van der Waals surface area (Å²) in [5, 5.41) is 0.341. The fourth-order valence-electron chi connectivity index (χ4n) is 1.61. The van der Waals surface area contributed by atoms with Gasteiger partial charge in [-0.1, -0.05) is 23.7 Å². The van der Waals surface area contributed by atoms with Gasteiger partial charge in [0.2, 0.25) is 0 Å². The van der Waals surface area contributed by atoms with Crippen molar-refractivity contribution < 1.29 is 19.1 Å². The van der Waals surface area contributed by atoms with Gasteiger partial charge in [-0.2, -0.15) is 0 Å². The summed E-state index contributed by atoms with van der Waals surface area (Å²) in [7, 11) is 0. The molecule has 0 aliphatic rings. The first-order valence-electron chi connectivity index (χ1n) is 6.02. The molecule has 0 bridgehead atoms. The van der Waals surface area contributed by atoms with Crippen LogP contribution in [0.1, 0.15) is 25.7 Å². The van der Waals surface area contributed by atoms with E-state index in [2.05, 4.69) is 0 Å². The summed E-state index contributed by atoms with van der Waals surface area (Å²) in [5.74, 6) is -0.750. The van der Waals surface area contributed by atoms with E-state index in [0.717, 1.165) is 6.29 Å². The molecule has 0 aliphatic heterocycles. The largest absolute Gasteiger partial charge is 0.425 e. The minimum atomic E-state index is -0.534. The summed E-state index contributed by atoms with van der Waals surface area (Å²) in [5.41, 5.74) is 0. The molecule has 1 rings (SSSR count). The number of aldehydes is 2. The molecule has 0 saturated carbocycles. The zero-order valence-electron chi connectivity index (χ0n) is 10.4. The van der Waals surface area contributed by atoms with E-state index in [1.165, 1.54) is 0 Å². The number of halogens is 1. The Bertz CT molecular complexity index is 445. The second kappa shape index (κ2) is 8.43. The zero-order valence-corrected chi connectivity index (χ0v) is 11.1. The van der Waals surface area contributed by atoms with Gasteiger partial charge in [0, 0.05) is 12.8 Å². The third-order valence-electron chi connectivity index (χ3n) is 2.64. The molecular formula is C14H15ClO4. The highest BCUT2D eigenvalue weighted by molar-refractivity contribution is 6.32. The molecule has 102 valence electrons. The number of carbonyl (C=O) groups is 3. The highest BCUT2D eigenvalue weighted by Crippen LogP contribution is 2.25. The molecule has 0 aromatic heterocycles. The Balaban J connectivity index is 2.63. The van der Waals surface area contributed by atoms with Crippen LogP contribution < -0.4 is 4.74 Å². The maximum absolute atomic E-state index is 11.9. The smallest absolute Gasteiger partial charge is 0.314 e. The van der Waals surface area contributed by atoms with E-state index < -0.39 is 11.9 Å². The number of esters is 1. The van der Waals surface area contributed by atoms with Crippen LogP contribution in [0.2, 0.25) is 5.02 Å². The molecule has 1 aromatic rings. The molecule has 0 radical (unpaired) electrons. The van der Waals surface area contributed by atoms with Gasteiger partial charge in [-0.3, -0.25) is 4.79 Å². The molecule has 0 spiro atoms. The number of benzene rings is 1. The summed E-state index contributed by atoms with van der Waals surface area (Å²) in [6, 6.07) is 6.64. The number of unbranched alkanes of at least 4 members (excludes halogenated alkanes) is 1. The highest BCUT2D eigenvalue weighted by atomic mass is 35.5. The van der Waals surface area contributed by atoms with E-state index in [4.69, 9.17) is 16.3 Å². The van der Waals surface area contributed by atoms with E-state index >= 15 is 0 Å². The van der Waals surface area contributed by atoms with E-state index in [1.807, 2.05) is 0 Å². The maximum atomic E-state index is 11.9. The first-order chi connectivity index (χ1) is 9.19. The Labute approximate surface area is 116 Å². The molecule has 19 heavy (non-hydrogen) atoms. The summed E-state index contributed by atoms with van der Waals surface area (Å²) in [4.78, 5) is 32.7. The van der Waals surface area contributed by atoms with Gasteiger partial charge in [-0.25, -0.2) is 0 Å². The van der Waals surface area contributed by atoms with E-state index in [0.29, 0.717) is 30.6 Å². The first-order valence-corrected chi connectivity index (χ1v) is 6.40. The monoisotopic (exact) mass is 282 g/mol. The minimum Gasteiger partial charge on any atom is -0.425 e. The molecule has 0 heterocycles. The van der Waals surface area contributed by atoms with Gasteiger partial charge in [0.05, 0.1) is 10.9 Å². The van der Waals surface area contributed by atoms with Crippen molar-refractivity contribution in [1.82, 2.24) is 0 Å². The van der Waals surface area contributed by atoms with Crippen molar-refractivity contribution in [2.75, 3.05) is 0 Å². The van der Waals surface area contributed by atoms with Crippen LogP contribution in [0.4, 0.5) is 0 Å². The predicted molar refractivity (Wildman–Crippen MR) is 71.2 cm³/mol. The van der Waals surface area contributed by atoms with Gasteiger partial charge in [0.15, 0.2) is 0 Å². The van der Waals surface area contributed by atoms with Gasteiger partial charge >= 0.3 is 5.97 Å². The summed E-state index contributed by atoms with van der Waals surface area (Å²) in [6.07, 6.45) is 2.92. The van der Waals surface area contributed by atoms with Crippen LogP contribution in [0.25, 0.3) is 0 Å². The molecule has 1 unspecified atom stereocenters. The highest BCUT2D eigenvalue weighted by Gasteiger charge is 2.20. The number of hydrogen-bond donors (Lipinski definition) is 0. The van der Waals surface area contributed by atoms with Crippen LogP contribution in [0, 0.1) is 5.92 Å². The maximum Gasteiger partial charge on any atom is 0.314 e. The topological polar surface area (TPSA) is 60.4 Å². The molecule has 4 nitrogen and oxygen atoms in total. The third-order valence-corrected chi connectivity index (χ3v) is 2.95. The second-order valence-corrected chi connectivity index (χ2v) is 4.46. The summed E-state index contributed by atoms with van der Waals surface area (Å²) < 4.78 is 5.17. The van der Waals surface area contributed by atoms with Crippen molar-refractivity contribution >= 4 is 30.1 Å². The van der Waals surface area contributed by atoms with Gasteiger partial charge in [0.25, 0.3) is 0 Å². The van der Waals surface area contributed by atoms with Crippen LogP contribution in [0.5, 0.6) is 5.75 Å². The first kappa shape index (κ1) is 15.4. The number of hydrogen-bond acceptors (Lipinski definition) is 4. The lowest BCUT2D eigenvalue weighted by atomic mass is 9.99. The Morgan fingerprint density at radius 3 is 2.63 bits per heavy atom. The van der Waals surface area contributed by atoms with Crippen LogP contribution in [-0.2, 0) is 14.4 Å². The minimum absolute atomic E-state index is 0.0855. The van der Waals surface area contributed by atoms with Crippen LogP contribution in [-0.4, -0.2) is 18.5 Å². The molecule has 0 aliphatic carbocycles. The summed E-state index contributed by atoms with van der Waals surface area (Å²) in [6.45, 7) is 0. The lowest BCUT2D eigenvalue weighted by Gasteiger charge is -2.13. The number of ether oxygens (including phenoxy) is 1. The van der Waals surface area contributed by atoms with Gasteiger partial charge in [0.1, 0.15) is 18.3 Å². The molecule has 1 atom stereocenters. The average Bonchev–Trinajstić information content (AvgIpc) is 2.40. The molecule has 0 amide bonds. The van der Waals surface area contributed by atoms with E-state index in [1.54, 1.807) is 24.3 Å². The zero-order chi connectivity index (χ0) is 14.1. The number of rotatable bonds is 8.